The Kier molecular flexibility index (Phi) is 34.1. The van der Waals surface area contributed by atoms with Crippen molar-refractivity contribution < 1.29 is 156 Å². The zero-order chi connectivity index (χ0) is 78.7. The number of thioether (sulfide) groups is 2. The number of rotatable bonds is 41. The largest absolute Gasteiger partial charge is 0.481 e. The van der Waals surface area contributed by atoms with Gasteiger partial charge in [0, 0.05) is 67.1 Å². The molecule has 0 saturated carbocycles. The van der Waals surface area contributed by atoms with Crippen LogP contribution < -0.4 is 32.7 Å². The van der Waals surface area contributed by atoms with E-state index in [2.05, 4.69) is 68.8 Å². The highest BCUT2D eigenvalue weighted by atomic mass is 32.2. The van der Waals surface area contributed by atoms with Gasteiger partial charge in [-0.2, -0.15) is 20.4 Å². The van der Waals surface area contributed by atoms with E-state index in [1.54, 1.807) is 24.8 Å². The van der Waals surface area contributed by atoms with Crippen molar-refractivity contribution in [1.29, 1.82) is 0 Å². The van der Waals surface area contributed by atoms with Crippen LogP contribution in [-0.4, -0.2) is 246 Å². The van der Waals surface area contributed by atoms with Crippen LogP contribution in [0.1, 0.15) is 66.8 Å². The number of phosphoric acid groups is 6. The minimum absolute atomic E-state index is 0.0300. The molecule has 0 spiro atoms. The van der Waals surface area contributed by atoms with Gasteiger partial charge in [-0.3, -0.25) is 60.2 Å². The summed E-state index contributed by atoms with van der Waals surface area (Å²) in [5.41, 5.74) is 8.57. The molecule has 47 nitrogen and oxygen atoms in total. The SMILES string of the molecule is C/C=C/C(=O)SCCNC(=O)CCNC(=O)[C@H](O)C(C)(C)COP(=O)(O)OP(=O)(O)OC[C@H]1O[C@@H](n2cnc3c(N)ncnc32)[C@H](O)[C@@H]1OP(=O)(O)O.CC=CCSCCNC(=O)CCNC(=O)[C@H](O)C(C)(C)COP(=O)(O)OP(=O)(O)OC[C@H]1O[C@@H](n2cnc3c(N)ncnc32)[C@H](O)[C@@H]1OP(=O)(O)O. The number of allylic oxidation sites excluding steroid dienone is 2. The summed E-state index contributed by atoms with van der Waals surface area (Å²) in [6.07, 6.45) is -6.76. The minimum atomic E-state index is -5.56. The van der Waals surface area contributed by atoms with Gasteiger partial charge in [0.2, 0.25) is 28.7 Å². The van der Waals surface area contributed by atoms with Crippen LogP contribution in [-0.2, 0) is 96.6 Å². The number of phosphoric ester groups is 6. The number of aliphatic hydroxyl groups is 4. The molecule has 0 radical (unpaired) electrons. The highest BCUT2D eigenvalue weighted by Crippen LogP contribution is 2.63. The van der Waals surface area contributed by atoms with Gasteiger partial charge < -0.3 is 102 Å². The van der Waals surface area contributed by atoms with Crippen LogP contribution in [0, 0.1) is 10.8 Å². The summed E-state index contributed by atoms with van der Waals surface area (Å²) >= 11 is 2.63. The smallest absolute Gasteiger partial charge is 0.386 e. The summed E-state index contributed by atoms with van der Waals surface area (Å²) in [6.45, 7) is 4.95. The third kappa shape index (κ3) is 29.0. The number of aliphatic hydroxyl groups excluding tert-OH is 4. The summed E-state index contributed by atoms with van der Waals surface area (Å²) in [5.74, 6) is -0.925. The van der Waals surface area contributed by atoms with Gasteiger partial charge in [-0.15, -0.1) is 0 Å². The van der Waals surface area contributed by atoms with Gasteiger partial charge in [-0.1, -0.05) is 57.7 Å². The third-order valence-electron chi connectivity index (χ3n) is 14.1. The summed E-state index contributed by atoms with van der Waals surface area (Å²) in [5, 5.41) is 52.5. The van der Waals surface area contributed by atoms with Crippen LogP contribution in [0.25, 0.3) is 22.3 Å². The Labute approximate surface area is 604 Å². The van der Waals surface area contributed by atoms with Crippen molar-refractivity contribution in [2.24, 2.45) is 10.8 Å². The van der Waals surface area contributed by atoms with E-state index in [1.807, 2.05) is 19.1 Å². The lowest BCUT2D eigenvalue weighted by atomic mass is 9.87. The number of carbonyl (C=O) groups excluding carboxylic acids is 5. The number of nitrogens with zero attached hydrogens (tertiary/aromatic N) is 8. The lowest BCUT2D eigenvalue weighted by Gasteiger charge is -2.30. The fourth-order valence-electron chi connectivity index (χ4n) is 8.92. The number of hydrogen-bond donors (Lipinski definition) is 18. The Morgan fingerprint density at radius 1 is 0.581 bits per heavy atom. The van der Waals surface area contributed by atoms with Gasteiger partial charge in [0.1, 0.15) is 72.5 Å². The molecule has 55 heteroatoms. The molecule has 2 saturated heterocycles. The van der Waals surface area contributed by atoms with E-state index >= 15 is 0 Å². The minimum Gasteiger partial charge on any atom is -0.386 e. The molecule has 6 rings (SSSR count). The zero-order valence-electron chi connectivity index (χ0n) is 56.3. The van der Waals surface area contributed by atoms with E-state index in [0.717, 1.165) is 52.0 Å². The normalized spacial score (nSPS) is 22.5. The van der Waals surface area contributed by atoms with Crippen molar-refractivity contribution in [3.8, 4) is 0 Å². The molecule has 4 unspecified atom stereocenters. The summed E-state index contributed by atoms with van der Waals surface area (Å²) in [6, 6.07) is 0. The van der Waals surface area contributed by atoms with Crippen LogP contribution in [0.2, 0.25) is 0 Å². The Bertz CT molecular complexity index is 4000. The molecule has 592 valence electrons. The molecule has 0 aliphatic carbocycles. The third-order valence-corrected chi connectivity index (χ3v) is 22.1. The number of nitrogens with two attached hydrogens (primary N) is 2. The standard InChI is InChI=1S/C25H40N7O17P3S.C25H42N7O16P3S/c1-4-5-16(34)53-9-8-27-15(33)6-7-28-23(37)20(36)25(2,3)11-46-52(43,44)49-51(41,42)45-10-14-19(48-50(38,39)40)18(35)24(47-14)32-13-31-17-21(26)29-12-30-22(17)32;1-4-5-9-52-10-8-27-16(33)6-7-28-23(36)20(35)25(2,3)12-45-51(42,43)48-50(40,41)44-11-15-19(47-49(37,38)39)18(34)24(46-15)32-14-31-17-21(26)29-13-30-22(17)32/h4-5,12-14,18-20,24,35-36H,6-11H2,1-3H3,(H,27,33)(H,28,37)(H,41,42)(H,43,44)(H2,26,29,30)(H2,38,39,40);4-5,13-15,18-20,24,34-35H,6-12H2,1-3H3,(H,27,33)(H,28,36)(H,40,41)(H,42,43)(H2,26,29,30)(H2,37,38,39)/b5-4+;/t14-,18-,19-,20+,24-;15-,18-,19-,20+,24-/m11/s1. The van der Waals surface area contributed by atoms with Gasteiger partial charge in [0.15, 0.2) is 35.4 Å². The molecule has 4 aromatic heterocycles. The molecule has 2 aliphatic heterocycles. The fraction of sp³-hybridized carbons (Fsp3) is 0.620. The Morgan fingerprint density at radius 2 is 0.971 bits per heavy atom. The number of hydrogen-bond acceptors (Lipinski definition) is 35. The Morgan fingerprint density at radius 3 is 1.35 bits per heavy atom. The molecular formula is C50H82N14O33P6S2. The molecule has 2 aliphatic rings. The number of anilines is 2. The molecule has 0 aromatic carbocycles. The molecule has 20 N–H and O–H groups in total. The number of nitrogens with one attached hydrogen (secondary N) is 4. The van der Waals surface area contributed by atoms with Crippen LogP contribution in [0.5, 0.6) is 0 Å². The fourth-order valence-corrected chi connectivity index (χ4v) is 16.0. The second-order valence-electron chi connectivity index (χ2n) is 23.5. The van der Waals surface area contributed by atoms with E-state index in [9.17, 15) is 111 Å². The number of fused-ring (bicyclic) bond motifs is 2. The average molecular weight is 1660 g/mol. The quantitative estimate of drug-likeness (QED) is 0.0109. The number of carbonyl (C=O) groups is 5. The van der Waals surface area contributed by atoms with Crippen molar-refractivity contribution >= 4 is 133 Å². The second kappa shape index (κ2) is 39.5. The molecule has 0 bridgehead atoms. The molecule has 6 heterocycles. The number of aromatic nitrogens is 8. The summed E-state index contributed by atoms with van der Waals surface area (Å²) in [7, 11) is -32.7. The maximum Gasteiger partial charge on any atom is 0.481 e. The lowest BCUT2D eigenvalue weighted by Crippen LogP contribution is -2.46. The van der Waals surface area contributed by atoms with Crippen molar-refractivity contribution in [3.05, 3.63) is 49.6 Å². The van der Waals surface area contributed by atoms with E-state index in [1.165, 1.54) is 33.8 Å². The van der Waals surface area contributed by atoms with Gasteiger partial charge in [0.05, 0.1) is 39.1 Å². The molecule has 2 fully saturated rings. The maximum absolute atomic E-state index is 12.6. The van der Waals surface area contributed by atoms with Crippen LogP contribution >= 0.6 is 70.5 Å². The average Bonchev–Trinajstić information content (AvgIpc) is 1.62. The predicted octanol–water partition coefficient (Wildman–Crippen LogP) is -1.04. The van der Waals surface area contributed by atoms with E-state index < -0.39 is 163 Å². The number of nitrogen functional groups attached to an aromatic ring is 2. The van der Waals surface area contributed by atoms with Crippen LogP contribution in [0.15, 0.2) is 49.6 Å². The number of ether oxygens (including phenoxy) is 2. The first-order chi connectivity index (χ1) is 48.7. The first-order valence-corrected chi connectivity index (χ1v) is 41.7. The molecule has 4 amide bonds. The van der Waals surface area contributed by atoms with Crippen LogP contribution in [0.4, 0.5) is 11.6 Å². The monoisotopic (exact) mass is 1660 g/mol. The highest BCUT2D eigenvalue weighted by Gasteiger charge is 2.52. The van der Waals surface area contributed by atoms with E-state index in [0.29, 0.717) is 18.1 Å². The topological polar surface area (TPSA) is 710 Å². The molecule has 105 heavy (non-hydrogen) atoms. The molecule has 4 aromatic rings. The first kappa shape index (κ1) is 90.5. The maximum atomic E-state index is 12.6. The van der Waals surface area contributed by atoms with Crippen molar-refractivity contribution in [1.82, 2.24) is 60.3 Å². The number of imidazole rings is 2. The second-order valence-corrected chi connectivity index (χ2v) is 34.2. The van der Waals surface area contributed by atoms with Gasteiger partial charge in [-0.05, 0) is 19.9 Å². The zero-order valence-corrected chi connectivity index (χ0v) is 63.3. The Hall–Kier alpha value is -5.07. The van der Waals surface area contributed by atoms with Crippen molar-refractivity contribution in [2.75, 3.05) is 81.3 Å². The summed E-state index contributed by atoms with van der Waals surface area (Å²) in [4.78, 5) is 162. The summed E-state index contributed by atoms with van der Waals surface area (Å²) < 4.78 is 124. The van der Waals surface area contributed by atoms with Crippen molar-refractivity contribution in [3.63, 3.8) is 0 Å². The molecule has 14 atom stereocenters. The predicted molar refractivity (Wildman–Crippen MR) is 364 cm³/mol. The van der Waals surface area contributed by atoms with Gasteiger partial charge >= 0.3 is 46.9 Å². The lowest BCUT2D eigenvalue weighted by molar-refractivity contribution is -0.137. The van der Waals surface area contributed by atoms with Gasteiger partial charge in [0.25, 0.3) is 0 Å². The molecular weight excluding hydrogens is 1570 g/mol. The number of amides is 4. The van der Waals surface area contributed by atoms with Crippen molar-refractivity contribution in [2.45, 2.75) is 116 Å². The highest BCUT2D eigenvalue weighted by molar-refractivity contribution is 8.14. The Balaban J connectivity index is 0.000000377. The van der Waals surface area contributed by atoms with E-state index in [-0.39, 0.29) is 77.5 Å². The van der Waals surface area contributed by atoms with Crippen LogP contribution in [0.3, 0.4) is 0 Å². The van der Waals surface area contributed by atoms with Gasteiger partial charge in [-0.25, -0.2) is 57.3 Å². The van der Waals surface area contributed by atoms with E-state index in [4.69, 9.17) is 39.0 Å². The first-order valence-electron chi connectivity index (χ1n) is 30.5.